The maximum atomic E-state index is 4.83. The van der Waals surface area contributed by atoms with Gasteiger partial charge < -0.3 is 5.32 Å². The molecule has 0 radical (unpaired) electrons. The van der Waals surface area contributed by atoms with Crippen molar-refractivity contribution in [3.05, 3.63) is 120 Å². The lowest BCUT2D eigenvalue weighted by molar-refractivity contribution is 0.660. The summed E-state index contributed by atoms with van der Waals surface area (Å²) in [5.41, 5.74) is 10.3. The van der Waals surface area contributed by atoms with E-state index in [1.165, 1.54) is 71.3 Å². The van der Waals surface area contributed by atoms with Crippen molar-refractivity contribution in [1.29, 1.82) is 0 Å². The van der Waals surface area contributed by atoms with Gasteiger partial charge in [0.15, 0.2) is 0 Å². The van der Waals surface area contributed by atoms with Crippen molar-refractivity contribution in [2.45, 2.75) is 19.3 Å². The minimum atomic E-state index is 0.0270. The molecule has 852 valence electrons. The predicted molar refractivity (Wildman–Crippen MR) is 992 cm³/mol. The number of anilines is 2. The van der Waals surface area contributed by atoms with E-state index in [4.69, 9.17) is 22.4 Å². The fraction of sp³-hybridized carbons (Fsp3) is 0.0909. The van der Waals surface area contributed by atoms with E-state index in [0.29, 0.717) is 0 Å². The van der Waals surface area contributed by atoms with Crippen LogP contribution in [0.25, 0.3) is 42.4 Å². The number of hydrogen-bond acceptors (Lipinski definition) is 4. The molecule has 6 aromatic rings. The molecule has 1 heterocycles. The van der Waals surface area contributed by atoms with E-state index in [-0.39, 0.29) is 5.41 Å². The first kappa shape index (κ1) is 159. The van der Waals surface area contributed by atoms with Crippen LogP contribution in [0.5, 0.6) is 0 Å². The standard InChI is InChI=1S/C33H25NS.S114/c1-33(2)28-15-6-3-10-22(28)27-20-21(18-19-29(27)33)34-30-16-7-4-11-23(30)25-13-9-14-26-24-12-5-8-17-31(24)35-32(25)26;1-3-5-7-9-11-13-15-17-19-21-23-25-27-29-31-33-35-37-39-41-43-45-47-49-51-53-55-57-59-61-63-65-67-69-71-73-75-77-79-81-83-85-87-89-91-93-95-97-99-101-103-105-107-109-111-113-114-112-110-108-106-104-102-100-98-96-94-92-90-88-86-84-82-80-78-76-74-72-70-68-66-64-62-60-58-56-54-52-50-48-46-44-42-40-38-36-34-32-30-28-26-24-22-20-18-16-14-12-10-8-6-4-2/h3-20,34H,1-2H3;. The maximum Gasteiger partial charge on any atom is 0.0464 e. The van der Waals surface area contributed by atoms with Crippen molar-refractivity contribution in [1.82, 2.24) is 0 Å². The van der Waals surface area contributed by atoms with Gasteiger partial charge in [0, 0.05) is 1070 Å². The van der Waals surface area contributed by atoms with Crippen LogP contribution >= 0.6 is 11.3 Å². The van der Waals surface area contributed by atoms with Gasteiger partial charge in [0.05, 0.1) is 0 Å². The van der Waals surface area contributed by atoms with Crippen LogP contribution in [0.4, 0.5) is 11.4 Å². The zero-order chi connectivity index (χ0) is 105. The minimum Gasteiger partial charge on any atom is -0.355 e. The third-order valence-electron chi connectivity index (χ3n) is 10.6. The van der Waals surface area contributed by atoms with Crippen LogP contribution in [0, 0.1) is 0 Å². The Labute approximate surface area is 1190 Å². The van der Waals surface area contributed by atoms with Crippen molar-refractivity contribution in [2.75, 3.05) is 5.32 Å². The molecule has 0 atom stereocenters. The Morgan fingerprint density at radius 3 is 0.584 bits per heavy atom. The predicted octanol–water partition coefficient (Wildman–Crippen LogP) is 9.50. The number of para-hydroxylation sites is 1. The number of benzene rings is 5. The molecule has 0 amide bonds. The third-order valence-corrected chi connectivity index (χ3v) is 258. The first-order valence-electron chi connectivity index (χ1n) is 31.0. The third kappa shape index (κ3) is 94.1. The van der Waals surface area contributed by atoms with Crippen LogP contribution in [0.3, 0.4) is 0 Å². The highest BCUT2D eigenvalue weighted by atomic mass is 33.6. The van der Waals surface area contributed by atoms with Crippen molar-refractivity contribution in [3.63, 3.8) is 0 Å². The molecule has 5 aromatic carbocycles. The van der Waals surface area contributed by atoms with Gasteiger partial charge in [0.1, 0.15) is 0 Å². The van der Waals surface area contributed by atoms with Crippen LogP contribution in [-0.2, 0) is 1020 Å². The second-order valence-corrected chi connectivity index (χ2v) is 217. The fourth-order valence-corrected chi connectivity index (χ4v) is 310. The highest BCUT2D eigenvalue weighted by molar-refractivity contribution is 8.89. The summed E-state index contributed by atoms with van der Waals surface area (Å²) in [7, 11) is 203. The summed E-state index contributed by atoms with van der Waals surface area (Å²) in [5.74, 6) is 0. The molecule has 149 heavy (non-hydrogen) atoms. The Morgan fingerprint density at radius 2 is 0.349 bits per heavy atom. The highest BCUT2D eigenvalue weighted by Crippen LogP contribution is 2.50. The van der Waals surface area contributed by atoms with Gasteiger partial charge in [0.25, 0.3) is 0 Å². The van der Waals surface area contributed by atoms with Crippen molar-refractivity contribution < 1.29 is 0 Å². The van der Waals surface area contributed by atoms with E-state index in [9.17, 15) is 0 Å². The number of fused-ring (bicyclic) bond motifs is 6. The quantitative estimate of drug-likeness (QED) is 0.190. The summed E-state index contributed by atoms with van der Waals surface area (Å²) in [5, 5.41) is 6.42. The second-order valence-electron chi connectivity index (χ2n) is 17.5. The minimum absolute atomic E-state index is 0.0270. The molecule has 1 aliphatic rings. The average molecular weight is 4120 g/mol. The summed E-state index contributed by atoms with van der Waals surface area (Å²) in [4.78, 5) is 0. The molecule has 1 N–H and O–H groups in total. The molecule has 1 aliphatic carbocycles. The van der Waals surface area contributed by atoms with E-state index in [1.807, 2.05) is 882 Å². The molecule has 0 fully saturated rings. The Balaban J connectivity index is 0.000000789. The van der Waals surface area contributed by atoms with Gasteiger partial charge in [-0.3, -0.25) is 0 Å². The van der Waals surface area contributed by atoms with Crippen molar-refractivity contribution >= 4 is 1060 Å². The van der Waals surface area contributed by atoms with Crippen LogP contribution in [0.1, 0.15) is 25.0 Å². The molecule has 1 nitrogen and oxygen atoms in total. The number of rotatable bonds is 3. The van der Waals surface area contributed by atoms with Crippen LogP contribution < -0.4 is 5.32 Å². The van der Waals surface area contributed by atoms with Crippen molar-refractivity contribution in [3.8, 4) is 22.3 Å². The molecule has 0 saturated carbocycles. The van der Waals surface area contributed by atoms with E-state index in [1.54, 1.807) is 107 Å². The summed E-state index contributed by atoms with van der Waals surface area (Å²) in [6, 6.07) is 39.7. The SMILES string of the molecule is CC1(C)c2ccccc2-c2cc(Nc3ccccc3-c3cccc4c3sc3ccccc34)ccc21.S=S=S=S=S=S=S=S=S=S=S=S=S=S=S=S=S=S=S=S=S=S=S=S=S=S=S=S=S=S=S=S=S=S=S=S=S=S=S=S=S=S=S=S=S=S=S=S=S=S=S=S=S=S=S=S=S=S=S=S=S=S=S=S=S=S=S=S=S=S=S=S=S=S=S=S=S=S=S=S=S=S=S=S=S=S=S=S=S=S=S=S=S=S=S=S=S=S=S=S=S=S=S=S=S=S=S=S=S=S=S=S=S=S. The topological polar surface area (TPSA) is 12.0 Å². The monoisotopic (exact) mass is 4110 g/mol. The Morgan fingerprint density at radius 1 is 0.168 bits per heavy atom. The van der Waals surface area contributed by atoms with Gasteiger partial charge in [-0.05, 0) is 46.5 Å². The van der Waals surface area contributed by atoms with E-state index in [2.05, 4.69) is 128 Å². The second kappa shape index (κ2) is 126. The zero-order valence-electron chi connectivity index (χ0n) is 66.3. The molecule has 0 bridgehead atoms. The Kier molecular flexibility index (Phi) is 134. The number of nitrogens with one attached hydrogen (secondary N) is 1. The van der Waals surface area contributed by atoms with Gasteiger partial charge >= 0.3 is 0 Å². The van der Waals surface area contributed by atoms with E-state index >= 15 is 0 Å². The van der Waals surface area contributed by atoms with Crippen LogP contribution in [0.15, 0.2) is 109 Å². The molecule has 0 saturated heterocycles. The van der Waals surface area contributed by atoms with E-state index < -0.39 is 0 Å². The lowest BCUT2D eigenvalue weighted by Gasteiger charge is -2.21. The lowest BCUT2D eigenvalue weighted by atomic mass is 9.82. The molecule has 0 aliphatic heterocycles. The Hall–Kier alpha value is 21.2. The Bertz CT molecular complexity index is 11400. The van der Waals surface area contributed by atoms with Gasteiger partial charge in [0.2, 0.25) is 0 Å². The zero-order valence-corrected chi connectivity index (χ0v) is 160. The number of thiophene rings is 1. The molecule has 116 heteroatoms. The maximum absolute atomic E-state index is 4.83. The molecular formula is C33H25NS115. The molecular weight excluding hydrogens is 4100 g/mol. The fourth-order valence-electron chi connectivity index (χ4n) is 6.99. The largest absolute Gasteiger partial charge is 0.355 e. The molecule has 7 rings (SSSR count). The smallest absolute Gasteiger partial charge is 0.0464 e. The summed E-state index contributed by atoms with van der Waals surface area (Å²) in [6.07, 6.45) is 0. The van der Waals surface area contributed by atoms with Gasteiger partial charge in [-0.25, -0.2) is 0 Å². The summed E-state index contributed by atoms with van der Waals surface area (Å²) >= 11 is 11.5. The first-order chi connectivity index (χ1) is 74.0. The lowest BCUT2D eigenvalue weighted by Crippen LogP contribution is -2.14. The van der Waals surface area contributed by atoms with Crippen LogP contribution in [-0.4, -0.2) is 0 Å². The highest BCUT2D eigenvalue weighted by Gasteiger charge is 2.35. The van der Waals surface area contributed by atoms with Crippen molar-refractivity contribution in [2.24, 2.45) is 0 Å². The van der Waals surface area contributed by atoms with Crippen LogP contribution in [0.2, 0.25) is 0 Å². The van der Waals surface area contributed by atoms with Gasteiger partial charge in [-0.1, -0.05) is 98.8 Å². The summed E-state index contributed by atoms with van der Waals surface area (Å²) < 4.78 is 2.67. The van der Waals surface area contributed by atoms with E-state index in [0.717, 1.165) is 11.4 Å². The van der Waals surface area contributed by atoms with Gasteiger partial charge in [-0.15, -0.1) is 11.3 Å². The molecule has 0 spiro atoms. The average Bonchev–Trinajstić information content (AvgIpc) is 1.58. The normalized spacial score (nSPS) is 9.25. The molecule has 0 unspecified atom stereocenters. The summed E-state index contributed by atoms with van der Waals surface area (Å²) in [6.45, 7) is 4.65. The molecule has 1 aromatic heterocycles. The van der Waals surface area contributed by atoms with Gasteiger partial charge in [-0.2, -0.15) is 0 Å². The number of hydrogen-bond donors (Lipinski definition) is 1. The first-order valence-corrected chi connectivity index (χ1v) is 182.